The fourth-order valence-electron chi connectivity index (χ4n) is 3.74. The van der Waals surface area contributed by atoms with Crippen LogP contribution in [0.1, 0.15) is 79.1 Å². The van der Waals surface area contributed by atoms with Crippen LogP contribution in [0.4, 0.5) is 0 Å². The largest absolute Gasteiger partial charge is 0.467 e. The molecule has 0 amide bonds. The minimum Gasteiger partial charge on any atom is -0.467 e. The van der Waals surface area contributed by atoms with Gasteiger partial charge in [-0.1, -0.05) is 26.7 Å². The first-order chi connectivity index (χ1) is 11.3. The second-order valence-electron chi connectivity index (χ2n) is 7.53. The second kappa shape index (κ2) is 9.73. The maximum absolute atomic E-state index is 11.2. The quantitative estimate of drug-likeness (QED) is 0.746. The Morgan fingerprint density at radius 3 is 2.08 bits per heavy atom. The summed E-state index contributed by atoms with van der Waals surface area (Å²) < 4.78 is 16.0. The van der Waals surface area contributed by atoms with Gasteiger partial charge in [0, 0.05) is 0 Å². The first-order valence-corrected chi connectivity index (χ1v) is 9.35. The summed E-state index contributed by atoms with van der Waals surface area (Å²) >= 11 is 0. The normalized spacial score (nSPS) is 35.4. The molecule has 0 aromatic heterocycles. The minimum absolute atomic E-state index is 0.0577. The Hall–Kier alpha value is -0.650. The van der Waals surface area contributed by atoms with E-state index in [1.165, 1.54) is 7.11 Å². The number of hydrogen-bond donors (Lipinski definition) is 1. The average Bonchev–Trinajstić information content (AvgIpc) is 3.11. The number of aliphatic hydroxyl groups is 1. The van der Waals surface area contributed by atoms with Gasteiger partial charge >= 0.3 is 5.97 Å². The van der Waals surface area contributed by atoms with Gasteiger partial charge in [-0.25, -0.2) is 4.79 Å². The number of rotatable bonds is 6. The van der Waals surface area contributed by atoms with Crippen molar-refractivity contribution in [2.24, 2.45) is 0 Å². The number of aliphatic hydroxyl groups excluding tert-OH is 1. The van der Waals surface area contributed by atoms with Crippen LogP contribution in [-0.4, -0.2) is 48.2 Å². The van der Waals surface area contributed by atoms with Gasteiger partial charge in [-0.2, -0.15) is 0 Å². The fraction of sp³-hybridized carbons (Fsp3) is 0.947. The summed E-state index contributed by atoms with van der Waals surface area (Å²) in [6.45, 7) is 8.69. The molecule has 2 heterocycles. The first kappa shape index (κ1) is 21.4. The van der Waals surface area contributed by atoms with E-state index in [1.807, 2.05) is 0 Å². The molecule has 2 fully saturated rings. The SMILES string of the molecule is CCCC1(C)CCC(C(=O)OC)O1.CCCC1(C)CCC(CO)O1. The van der Waals surface area contributed by atoms with Gasteiger partial charge in [0.1, 0.15) is 0 Å². The van der Waals surface area contributed by atoms with Crippen molar-refractivity contribution in [2.45, 2.75) is 102 Å². The number of ether oxygens (including phenoxy) is 3. The average molecular weight is 344 g/mol. The van der Waals surface area contributed by atoms with E-state index in [4.69, 9.17) is 14.6 Å². The molecule has 1 N–H and O–H groups in total. The van der Waals surface area contributed by atoms with Crippen molar-refractivity contribution in [1.29, 1.82) is 0 Å². The van der Waals surface area contributed by atoms with Crippen molar-refractivity contribution < 1.29 is 24.1 Å². The van der Waals surface area contributed by atoms with Crippen molar-refractivity contribution >= 4 is 5.97 Å². The van der Waals surface area contributed by atoms with E-state index in [2.05, 4.69) is 32.4 Å². The molecule has 0 saturated carbocycles. The molecular formula is C19H36O5. The number of methoxy groups -OCH3 is 1. The minimum atomic E-state index is -0.332. The lowest BCUT2D eigenvalue weighted by atomic mass is 9.97. The standard InChI is InChI=1S/C10H18O3.C9H18O2/c1-4-6-10(2)7-5-8(13-10)9(11)12-3;1-3-5-9(2)6-4-8(7-10)11-9/h8H,4-7H2,1-3H3;8,10H,3-7H2,1-2H3. The predicted molar refractivity (Wildman–Crippen MR) is 93.9 cm³/mol. The Labute approximate surface area is 147 Å². The van der Waals surface area contributed by atoms with Crippen LogP contribution in [0, 0.1) is 0 Å². The topological polar surface area (TPSA) is 65.0 Å². The van der Waals surface area contributed by atoms with Crippen LogP contribution in [0.2, 0.25) is 0 Å². The number of hydrogen-bond acceptors (Lipinski definition) is 5. The van der Waals surface area contributed by atoms with Crippen LogP contribution in [0.25, 0.3) is 0 Å². The number of carbonyl (C=O) groups excluding carboxylic acids is 1. The lowest BCUT2D eigenvalue weighted by molar-refractivity contribution is -0.157. The van der Waals surface area contributed by atoms with Crippen molar-refractivity contribution in [3.63, 3.8) is 0 Å². The van der Waals surface area contributed by atoms with Gasteiger partial charge < -0.3 is 19.3 Å². The Kier molecular flexibility index (Phi) is 8.68. The zero-order valence-corrected chi connectivity index (χ0v) is 16.1. The van der Waals surface area contributed by atoms with E-state index in [-0.39, 0.29) is 36.0 Å². The third-order valence-corrected chi connectivity index (χ3v) is 5.03. The van der Waals surface area contributed by atoms with Gasteiger partial charge in [-0.3, -0.25) is 0 Å². The van der Waals surface area contributed by atoms with Gasteiger partial charge in [0.2, 0.25) is 0 Å². The van der Waals surface area contributed by atoms with E-state index >= 15 is 0 Å². The number of esters is 1. The first-order valence-electron chi connectivity index (χ1n) is 9.35. The van der Waals surface area contributed by atoms with Gasteiger partial charge in [-0.15, -0.1) is 0 Å². The summed E-state index contributed by atoms with van der Waals surface area (Å²) in [6, 6.07) is 0. The molecule has 4 unspecified atom stereocenters. The van der Waals surface area contributed by atoms with Gasteiger partial charge in [0.05, 0.1) is 31.0 Å². The molecule has 0 bridgehead atoms. The van der Waals surface area contributed by atoms with Crippen molar-refractivity contribution in [3.05, 3.63) is 0 Å². The van der Waals surface area contributed by atoms with Crippen molar-refractivity contribution in [1.82, 2.24) is 0 Å². The maximum atomic E-state index is 11.2. The summed E-state index contributed by atoms with van der Waals surface area (Å²) in [6.07, 6.45) is 8.03. The molecule has 0 aliphatic carbocycles. The monoisotopic (exact) mass is 344 g/mol. The number of carbonyl (C=O) groups is 1. The molecule has 5 nitrogen and oxygen atoms in total. The Morgan fingerprint density at radius 2 is 1.62 bits per heavy atom. The summed E-state index contributed by atoms with van der Waals surface area (Å²) in [5.41, 5.74) is -0.0459. The molecule has 2 aliphatic heterocycles. The van der Waals surface area contributed by atoms with Crippen LogP contribution >= 0.6 is 0 Å². The van der Waals surface area contributed by atoms with Gasteiger partial charge in [-0.05, 0) is 52.4 Å². The molecule has 0 spiro atoms. The van der Waals surface area contributed by atoms with E-state index in [1.54, 1.807) is 0 Å². The highest BCUT2D eigenvalue weighted by Gasteiger charge is 2.39. The Bertz CT molecular complexity index is 386. The highest BCUT2D eigenvalue weighted by atomic mass is 16.6. The predicted octanol–water partition coefficient (Wildman–Crippen LogP) is 3.61. The lowest BCUT2D eigenvalue weighted by Gasteiger charge is -2.23. The molecule has 5 heteroatoms. The lowest BCUT2D eigenvalue weighted by Crippen LogP contribution is -2.28. The van der Waals surface area contributed by atoms with Gasteiger partial charge in [0.25, 0.3) is 0 Å². The summed E-state index contributed by atoms with van der Waals surface area (Å²) in [5, 5.41) is 8.84. The maximum Gasteiger partial charge on any atom is 0.335 e. The molecule has 142 valence electrons. The van der Waals surface area contributed by atoms with Crippen molar-refractivity contribution in [3.8, 4) is 0 Å². The van der Waals surface area contributed by atoms with E-state index in [9.17, 15) is 4.79 Å². The molecule has 0 aromatic carbocycles. The fourth-order valence-corrected chi connectivity index (χ4v) is 3.74. The van der Waals surface area contributed by atoms with Crippen LogP contribution in [0.15, 0.2) is 0 Å². The molecule has 0 radical (unpaired) electrons. The molecule has 2 saturated heterocycles. The van der Waals surface area contributed by atoms with Crippen LogP contribution in [0.3, 0.4) is 0 Å². The smallest absolute Gasteiger partial charge is 0.335 e. The van der Waals surface area contributed by atoms with Gasteiger partial charge in [0.15, 0.2) is 6.10 Å². The zero-order chi connectivity index (χ0) is 18.2. The molecule has 0 aromatic rings. The third kappa shape index (κ3) is 6.34. The Morgan fingerprint density at radius 1 is 1.08 bits per heavy atom. The molecule has 24 heavy (non-hydrogen) atoms. The highest BCUT2D eigenvalue weighted by molar-refractivity contribution is 5.74. The van der Waals surface area contributed by atoms with E-state index in [0.717, 1.165) is 51.4 Å². The van der Waals surface area contributed by atoms with Crippen LogP contribution in [-0.2, 0) is 19.0 Å². The third-order valence-electron chi connectivity index (χ3n) is 5.03. The summed E-state index contributed by atoms with van der Waals surface area (Å²) in [5.74, 6) is -0.236. The highest BCUT2D eigenvalue weighted by Crippen LogP contribution is 2.34. The van der Waals surface area contributed by atoms with Crippen LogP contribution < -0.4 is 0 Å². The van der Waals surface area contributed by atoms with E-state index < -0.39 is 0 Å². The van der Waals surface area contributed by atoms with Crippen LogP contribution in [0.5, 0.6) is 0 Å². The Balaban J connectivity index is 0.000000243. The molecule has 2 aliphatic rings. The summed E-state index contributed by atoms with van der Waals surface area (Å²) in [4.78, 5) is 11.2. The summed E-state index contributed by atoms with van der Waals surface area (Å²) in [7, 11) is 1.40. The molecule has 4 atom stereocenters. The molecule has 2 rings (SSSR count). The van der Waals surface area contributed by atoms with Crippen molar-refractivity contribution in [2.75, 3.05) is 13.7 Å². The van der Waals surface area contributed by atoms with E-state index in [0.29, 0.717) is 0 Å². The second-order valence-corrected chi connectivity index (χ2v) is 7.53. The zero-order valence-electron chi connectivity index (χ0n) is 16.1. The molecular weight excluding hydrogens is 308 g/mol.